The average Bonchev–Trinajstić information content (AvgIpc) is 2.15. The van der Waals surface area contributed by atoms with Crippen molar-refractivity contribution >= 4 is 22.6 Å². The van der Waals surface area contributed by atoms with Gasteiger partial charge in [0.05, 0.1) is 0 Å². The van der Waals surface area contributed by atoms with Gasteiger partial charge in [0.15, 0.2) is 0 Å². The summed E-state index contributed by atoms with van der Waals surface area (Å²) in [6.07, 6.45) is -4.23. The second kappa shape index (κ2) is 5.16. The third-order valence-electron chi connectivity index (χ3n) is 2.10. The molecule has 0 fully saturated rings. The molecule has 1 N–H and O–H groups in total. The minimum atomic E-state index is -4.20. The SMILES string of the molecule is CNC(Cc1ccc(I)cc1)C(F)(F)F. The second-order valence-corrected chi connectivity index (χ2v) is 4.46. The Bertz CT molecular complexity index is 307. The van der Waals surface area contributed by atoms with Crippen molar-refractivity contribution < 1.29 is 13.2 Å². The lowest BCUT2D eigenvalue weighted by Crippen LogP contribution is -2.41. The lowest BCUT2D eigenvalue weighted by atomic mass is 10.1. The third-order valence-corrected chi connectivity index (χ3v) is 2.82. The number of likely N-dealkylation sites (N-methyl/N-ethyl adjacent to an activating group) is 1. The van der Waals surface area contributed by atoms with Gasteiger partial charge >= 0.3 is 6.18 Å². The Labute approximate surface area is 100 Å². The summed E-state index contributed by atoms with van der Waals surface area (Å²) in [7, 11) is 1.32. The van der Waals surface area contributed by atoms with Gasteiger partial charge in [-0.25, -0.2) is 0 Å². The van der Waals surface area contributed by atoms with Crippen LogP contribution in [0.1, 0.15) is 5.56 Å². The Kier molecular flexibility index (Phi) is 4.39. The quantitative estimate of drug-likeness (QED) is 0.841. The lowest BCUT2D eigenvalue weighted by Gasteiger charge is -2.19. The summed E-state index contributed by atoms with van der Waals surface area (Å²) in [5.74, 6) is 0. The molecule has 0 amide bonds. The molecule has 0 aliphatic rings. The molecule has 0 bridgehead atoms. The largest absolute Gasteiger partial charge is 0.404 e. The topological polar surface area (TPSA) is 12.0 Å². The number of hydrogen-bond donors (Lipinski definition) is 1. The first kappa shape index (κ1) is 12.8. The van der Waals surface area contributed by atoms with Crippen molar-refractivity contribution in [1.82, 2.24) is 5.32 Å². The fraction of sp³-hybridized carbons (Fsp3) is 0.400. The van der Waals surface area contributed by atoms with Crippen LogP contribution in [-0.4, -0.2) is 19.3 Å². The molecule has 0 aromatic heterocycles. The summed E-state index contributed by atoms with van der Waals surface area (Å²) < 4.78 is 38.3. The standard InChI is InChI=1S/C10H11F3IN/c1-15-9(10(11,12)13)6-7-2-4-8(14)5-3-7/h2-5,9,15H,6H2,1H3. The molecule has 1 aromatic rings. The van der Waals surface area contributed by atoms with Crippen molar-refractivity contribution in [1.29, 1.82) is 0 Å². The van der Waals surface area contributed by atoms with Gasteiger partial charge in [-0.05, 0) is 53.8 Å². The fourth-order valence-corrected chi connectivity index (χ4v) is 1.60. The van der Waals surface area contributed by atoms with Crippen LogP contribution in [0.15, 0.2) is 24.3 Å². The van der Waals surface area contributed by atoms with Gasteiger partial charge in [-0.2, -0.15) is 13.2 Å². The number of rotatable bonds is 3. The minimum absolute atomic E-state index is 0.0308. The van der Waals surface area contributed by atoms with Crippen molar-refractivity contribution in [3.05, 3.63) is 33.4 Å². The Hall–Kier alpha value is -0.300. The van der Waals surface area contributed by atoms with E-state index in [9.17, 15) is 13.2 Å². The molecule has 0 radical (unpaired) electrons. The van der Waals surface area contributed by atoms with Crippen molar-refractivity contribution in [3.63, 3.8) is 0 Å². The first-order chi connectivity index (χ1) is 6.93. The van der Waals surface area contributed by atoms with E-state index in [1.165, 1.54) is 7.05 Å². The lowest BCUT2D eigenvalue weighted by molar-refractivity contribution is -0.154. The van der Waals surface area contributed by atoms with Gasteiger partial charge in [0.25, 0.3) is 0 Å². The molecular weight excluding hydrogens is 318 g/mol. The van der Waals surface area contributed by atoms with E-state index in [1.54, 1.807) is 24.3 Å². The van der Waals surface area contributed by atoms with E-state index < -0.39 is 12.2 Å². The molecule has 1 atom stereocenters. The van der Waals surface area contributed by atoms with Crippen LogP contribution >= 0.6 is 22.6 Å². The zero-order valence-electron chi connectivity index (χ0n) is 8.11. The molecule has 0 spiro atoms. The molecule has 0 saturated heterocycles. The molecule has 15 heavy (non-hydrogen) atoms. The van der Waals surface area contributed by atoms with Crippen molar-refractivity contribution in [3.8, 4) is 0 Å². The molecule has 5 heteroatoms. The van der Waals surface area contributed by atoms with Gasteiger partial charge in [-0.15, -0.1) is 0 Å². The fourth-order valence-electron chi connectivity index (χ4n) is 1.24. The highest BCUT2D eigenvalue weighted by molar-refractivity contribution is 14.1. The van der Waals surface area contributed by atoms with Crippen LogP contribution in [-0.2, 0) is 6.42 Å². The molecule has 0 heterocycles. The van der Waals surface area contributed by atoms with Gasteiger partial charge < -0.3 is 5.32 Å². The number of hydrogen-bond acceptors (Lipinski definition) is 1. The van der Waals surface area contributed by atoms with Crippen LogP contribution in [0.2, 0.25) is 0 Å². The smallest absolute Gasteiger partial charge is 0.309 e. The zero-order chi connectivity index (χ0) is 11.5. The first-order valence-corrected chi connectivity index (χ1v) is 5.50. The van der Waals surface area contributed by atoms with E-state index in [2.05, 4.69) is 27.9 Å². The van der Waals surface area contributed by atoms with Crippen LogP contribution < -0.4 is 5.32 Å². The molecule has 84 valence electrons. The maximum atomic E-state index is 12.4. The van der Waals surface area contributed by atoms with Gasteiger partial charge in [0.1, 0.15) is 6.04 Å². The predicted molar refractivity (Wildman–Crippen MR) is 61.8 cm³/mol. The predicted octanol–water partition coefficient (Wildman–Crippen LogP) is 2.98. The van der Waals surface area contributed by atoms with Crippen LogP contribution in [0.25, 0.3) is 0 Å². The summed E-state index contributed by atoms with van der Waals surface area (Å²) in [4.78, 5) is 0. The van der Waals surface area contributed by atoms with E-state index in [1.807, 2.05) is 0 Å². The summed E-state index contributed by atoms with van der Waals surface area (Å²) in [5.41, 5.74) is 0.687. The van der Waals surface area contributed by atoms with Gasteiger partial charge in [-0.3, -0.25) is 0 Å². The molecule has 1 aromatic carbocycles. The third kappa shape index (κ3) is 3.98. The van der Waals surface area contributed by atoms with Crippen LogP contribution in [0.3, 0.4) is 0 Å². The molecule has 0 aliphatic carbocycles. The van der Waals surface area contributed by atoms with E-state index >= 15 is 0 Å². The number of benzene rings is 1. The molecule has 1 nitrogen and oxygen atoms in total. The Morgan fingerprint density at radius 3 is 2.20 bits per heavy atom. The van der Waals surface area contributed by atoms with Gasteiger partial charge in [-0.1, -0.05) is 12.1 Å². The second-order valence-electron chi connectivity index (χ2n) is 3.21. The Morgan fingerprint density at radius 1 is 1.27 bits per heavy atom. The van der Waals surface area contributed by atoms with E-state index in [4.69, 9.17) is 0 Å². The minimum Gasteiger partial charge on any atom is -0.309 e. The molecule has 0 saturated carbocycles. The maximum absolute atomic E-state index is 12.4. The number of alkyl halides is 3. The summed E-state index contributed by atoms with van der Waals surface area (Å²) in [6.45, 7) is 0. The monoisotopic (exact) mass is 329 g/mol. The molecule has 1 rings (SSSR count). The highest BCUT2D eigenvalue weighted by Crippen LogP contribution is 2.23. The number of halogens is 4. The highest BCUT2D eigenvalue weighted by atomic mass is 127. The maximum Gasteiger partial charge on any atom is 0.404 e. The average molecular weight is 329 g/mol. The van der Waals surface area contributed by atoms with E-state index in [0.717, 1.165) is 3.57 Å². The Morgan fingerprint density at radius 2 is 1.80 bits per heavy atom. The number of nitrogens with one attached hydrogen (secondary N) is 1. The Balaban J connectivity index is 2.71. The molecular formula is C10H11F3IN. The van der Waals surface area contributed by atoms with Crippen LogP contribution in [0, 0.1) is 3.57 Å². The first-order valence-electron chi connectivity index (χ1n) is 4.42. The van der Waals surface area contributed by atoms with Crippen molar-refractivity contribution in [2.24, 2.45) is 0 Å². The van der Waals surface area contributed by atoms with Gasteiger partial charge in [0.2, 0.25) is 0 Å². The zero-order valence-corrected chi connectivity index (χ0v) is 10.3. The molecule has 1 unspecified atom stereocenters. The molecule has 0 aliphatic heterocycles. The van der Waals surface area contributed by atoms with Crippen LogP contribution in [0.5, 0.6) is 0 Å². The highest BCUT2D eigenvalue weighted by Gasteiger charge is 2.38. The van der Waals surface area contributed by atoms with Crippen molar-refractivity contribution in [2.75, 3.05) is 7.05 Å². The summed E-state index contributed by atoms with van der Waals surface area (Å²) in [6, 6.07) is 5.57. The van der Waals surface area contributed by atoms with Gasteiger partial charge in [0, 0.05) is 3.57 Å². The van der Waals surface area contributed by atoms with Crippen molar-refractivity contribution in [2.45, 2.75) is 18.6 Å². The van der Waals surface area contributed by atoms with E-state index in [-0.39, 0.29) is 6.42 Å². The van der Waals surface area contributed by atoms with Crippen LogP contribution in [0.4, 0.5) is 13.2 Å². The summed E-state index contributed by atoms with van der Waals surface area (Å²) in [5, 5.41) is 2.28. The van der Waals surface area contributed by atoms with E-state index in [0.29, 0.717) is 5.56 Å². The summed E-state index contributed by atoms with van der Waals surface area (Å²) >= 11 is 2.12. The normalized spacial score (nSPS) is 13.9.